The SMILES string of the molecule is CC1(C)CC(CCO)OC=[N+]1[O-].Oc1ccc(O)cc1. The van der Waals surface area contributed by atoms with Crippen LogP contribution in [0.15, 0.2) is 24.3 Å². The van der Waals surface area contributed by atoms with Gasteiger partial charge in [0.15, 0.2) is 5.54 Å². The molecular formula is C14H21NO5. The van der Waals surface area contributed by atoms with E-state index in [4.69, 9.17) is 20.1 Å². The fourth-order valence-corrected chi connectivity index (χ4v) is 1.75. The van der Waals surface area contributed by atoms with Crippen LogP contribution >= 0.6 is 0 Å². The number of aliphatic hydroxyl groups excluding tert-OH is 1. The number of aromatic hydroxyl groups is 2. The molecule has 0 saturated carbocycles. The Labute approximate surface area is 118 Å². The first kappa shape index (κ1) is 16.1. The first-order valence-corrected chi connectivity index (χ1v) is 6.39. The van der Waals surface area contributed by atoms with Crippen LogP contribution in [0.2, 0.25) is 0 Å². The summed E-state index contributed by atoms with van der Waals surface area (Å²) in [6.07, 6.45) is 2.43. The molecule has 1 aliphatic heterocycles. The average Bonchev–Trinajstić information content (AvgIpc) is 2.38. The molecule has 1 aliphatic rings. The lowest BCUT2D eigenvalue weighted by atomic mass is 9.95. The Kier molecular flexibility index (Phi) is 5.64. The molecule has 1 unspecified atom stereocenters. The molecule has 0 aromatic heterocycles. The van der Waals surface area contributed by atoms with E-state index in [1.165, 1.54) is 30.7 Å². The maximum atomic E-state index is 11.1. The molecule has 0 radical (unpaired) electrons. The lowest BCUT2D eigenvalue weighted by Crippen LogP contribution is -2.43. The molecule has 0 fully saturated rings. The van der Waals surface area contributed by atoms with Crippen LogP contribution in [0, 0.1) is 5.21 Å². The topological polar surface area (TPSA) is 96.0 Å². The molecule has 6 heteroatoms. The minimum atomic E-state index is -0.405. The summed E-state index contributed by atoms with van der Waals surface area (Å²) in [5, 5.41) is 37.1. The van der Waals surface area contributed by atoms with Gasteiger partial charge in [-0.05, 0) is 24.3 Å². The molecule has 2 rings (SSSR count). The first-order chi connectivity index (χ1) is 9.35. The van der Waals surface area contributed by atoms with E-state index in [1.54, 1.807) is 0 Å². The van der Waals surface area contributed by atoms with Crippen LogP contribution in [0.25, 0.3) is 0 Å². The van der Waals surface area contributed by atoms with Crippen molar-refractivity contribution in [1.29, 1.82) is 0 Å². The summed E-state index contributed by atoms with van der Waals surface area (Å²) in [6, 6.07) is 5.70. The van der Waals surface area contributed by atoms with Crippen molar-refractivity contribution >= 4 is 6.40 Å². The number of hydroxylamine groups is 1. The lowest BCUT2D eigenvalue weighted by molar-refractivity contribution is -0.556. The minimum absolute atomic E-state index is 0.0183. The molecule has 0 spiro atoms. The number of phenolic OH excluding ortho intramolecular Hbond substituents is 2. The van der Waals surface area contributed by atoms with E-state index in [0.717, 1.165) is 4.74 Å². The normalized spacial score (nSPS) is 20.1. The van der Waals surface area contributed by atoms with Crippen LogP contribution < -0.4 is 0 Å². The van der Waals surface area contributed by atoms with Crippen molar-refractivity contribution in [2.75, 3.05) is 6.61 Å². The highest BCUT2D eigenvalue weighted by Crippen LogP contribution is 2.22. The summed E-state index contributed by atoms with van der Waals surface area (Å²) in [5.41, 5.74) is -0.405. The maximum Gasteiger partial charge on any atom is 0.335 e. The third-order valence-electron chi connectivity index (χ3n) is 2.97. The first-order valence-electron chi connectivity index (χ1n) is 6.39. The Bertz CT molecular complexity index is 420. The van der Waals surface area contributed by atoms with E-state index < -0.39 is 5.54 Å². The number of hydrogen-bond donors (Lipinski definition) is 3. The third-order valence-corrected chi connectivity index (χ3v) is 2.97. The van der Waals surface area contributed by atoms with Crippen molar-refractivity contribution in [1.82, 2.24) is 0 Å². The van der Waals surface area contributed by atoms with Crippen LogP contribution in [-0.2, 0) is 4.74 Å². The fourth-order valence-electron chi connectivity index (χ4n) is 1.75. The van der Waals surface area contributed by atoms with Crippen LogP contribution in [0.4, 0.5) is 0 Å². The molecule has 1 heterocycles. The van der Waals surface area contributed by atoms with Crippen LogP contribution in [-0.4, -0.2) is 44.7 Å². The van der Waals surface area contributed by atoms with Crippen LogP contribution in [0.3, 0.4) is 0 Å². The van der Waals surface area contributed by atoms with Crippen molar-refractivity contribution in [2.45, 2.75) is 38.3 Å². The molecule has 6 nitrogen and oxygen atoms in total. The zero-order valence-corrected chi connectivity index (χ0v) is 11.7. The van der Waals surface area contributed by atoms with Crippen LogP contribution in [0.1, 0.15) is 26.7 Å². The van der Waals surface area contributed by atoms with Crippen molar-refractivity contribution in [3.63, 3.8) is 0 Å². The Morgan fingerprint density at radius 1 is 1.25 bits per heavy atom. The highest BCUT2D eigenvalue weighted by molar-refractivity contribution is 5.41. The van der Waals surface area contributed by atoms with Gasteiger partial charge in [0, 0.05) is 26.9 Å². The van der Waals surface area contributed by atoms with Gasteiger partial charge in [-0.2, -0.15) is 4.74 Å². The Morgan fingerprint density at radius 2 is 1.75 bits per heavy atom. The van der Waals surface area contributed by atoms with Gasteiger partial charge in [0.1, 0.15) is 17.6 Å². The summed E-state index contributed by atoms with van der Waals surface area (Å²) in [6.45, 7) is 3.83. The summed E-state index contributed by atoms with van der Waals surface area (Å²) in [7, 11) is 0. The summed E-state index contributed by atoms with van der Waals surface area (Å²) in [5.74, 6) is 0.339. The van der Waals surface area contributed by atoms with Crippen LogP contribution in [0.5, 0.6) is 11.5 Å². The molecule has 0 saturated heterocycles. The number of hydrogen-bond acceptors (Lipinski definition) is 5. The van der Waals surface area contributed by atoms with Gasteiger partial charge in [0.25, 0.3) is 0 Å². The smallest absolute Gasteiger partial charge is 0.335 e. The number of ether oxygens (including phenoxy) is 1. The highest BCUT2D eigenvalue weighted by Gasteiger charge is 2.35. The second-order valence-corrected chi connectivity index (χ2v) is 5.23. The van der Waals surface area contributed by atoms with Crippen molar-refractivity contribution in [3.8, 4) is 11.5 Å². The van der Waals surface area contributed by atoms with Gasteiger partial charge in [0.2, 0.25) is 0 Å². The average molecular weight is 283 g/mol. The predicted molar refractivity (Wildman–Crippen MR) is 74.7 cm³/mol. The molecule has 0 bridgehead atoms. The largest absolute Gasteiger partial charge is 0.621 e. The number of aliphatic hydroxyl groups is 1. The molecule has 0 aliphatic carbocycles. The third kappa shape index (κ3) is 4.97. The predicted octanol–water partition coefficient (Wildman–Crippen LogP) is 1.57. The van der Waals surface area contributed by atoms with Gasteiger partial charge in [-0.15, -0.1) is 0 Å². The zero-order valence-electron chi connectivity index (χ0n) is 11.7. The van der Waals surface area contributed by atoms with Gasteiger partial charge in [-0.1, -0.05) is 0 Å². The second-order valence-electron chi connectivity index (χ2n) is 5.23. The van der Waals surface area contributed by atoms with Gasteiger partial charge in [0.05, 0.1) is 6.42 Å². The Balaban J connectivity index is 0.000000217. The number of rotatable bonds is 2. The lowest BCUT2D eigenvalue weighted by Gasteiger charge is -2.31. The van der Waals surface area contributed by atoms with Gasteiger partial charge in [-0.3, -0.25) is 0 Å². The van der Waals surface area contributed by atoms with Gasteiger partial charge >= 0.3 is 6.40 Å². The molecule has 0 amide bonds. The zero-order chi connectivity index (χ0) is 15.2. The summed E-state index contributed by atoms with van der Waals surface area (Å²) >= 11 is 0. The number of phenols is 2. The van der Waals surface area contributed by atoms with E-state index in [9.17, 15) is 5.21 Å². The van der Waals surface area contributed by atoms with Crippen molar-refractivity contribution in [2.24, 2.45) is 0 Å². The summed E-state index contributed by atoms with van der Waals surface area (Å²) in [4.78, 5) is 0. The standard InChI is InChI=1S/C8H15NO3.C6H6O2/c1-8(2)5-7(3-4-10)12-6-9(8)11;7-5-1-2-6(8)4-3-5/h6-7,10H,3-5H2,1-2H3;1-4,7-8H. The van der Waals surface area contributed by atoms with Crippen molar-refractivity contribution in [3.05, 3.63) is 29.5 Å². The monoisotopic (exact) mass is 283 g/mol. The molecule has 112 valence electrons. The maximum absolute atomic E-state index is 11.1. The Morgan fingerprint density at radius 3 is 2.15 bits per heavy atom. The van der Waals surface area contributed by atoms with Gasteiger partial charge in [-0.25, -0.2) is 0 Å². The number of benzene rings is 1. The fraction of sp³-hybridized carbons (Fsp3) is 0.500. The molecule has 1 atom stereocenters. The van der Waals surface area contributed by atoms with E-state index in [0.29, 0.717) is 12.8 Å². The Hall–Kier alpha value is -1.95. The van der Waals surface area contributed by atoms with E-state index in [-0.39, 0.29) is 24.2 Å². The van der Waals surface area contributed by atoms with Gasteiger partial charge < -0.3 is 25.3 Å². The molecule has 20 heavy (non-hydrogen) atoms. The molecule has 3 N–H and O–H groups in total. The van der Waals surface area contributed by atoms with E-state index in [1.807, 2.05) is 13.8 Å². The number of nitrogens with zero attached hydrogens (tertiary/aromatic N) is 1. The second kappa shape index (κ2) is 7.00. The molecular weight excluding hydrogens is 262 g/mol. The van der Waals surface area contributed by atoms with Crippen molar-refractivity contribution < 1.29 is 24.8 Å². The molecule has 1 aromatic rings. The molecule has 1 aromatic carbocycles. The minimum Gasteiger partial charge on any atom is -0.621 e. The van der Waals surface area contributed by atoms with E-state index >= 15 is 0 Å². The summed E-state index contributed by atoms with van der Waals surface area (Å²) < 4.78 is 5.91. The highest BCUT2D eigenvalue weighted by atomic mass is 16.6. The quantitative estimate of drug-likeness (QED) is 0.435. The van der Waals surface area contributed by atoms with E-state index in [2.05, 4.69) is 0 Å².